The van der Waals surface area contributed by atoms with E-state index in [2.05, 4.69) is 10.6 Å². The average Bonchev–Trinajstić information content (AvgIpc) is 2.89. The van der Waals surface area contributed by atoms with Gasteiger partial charge in [0.25, 0.3) is 0 Å². The van der Waals surface area contributed by atoms with Gasteiger partial charge in [-0.1, -0.05) is 94.4 Å². The predicted octanol–water partition coefficient (Wildman–Crippen LogP) is 5.73. The molecular formula is C31H34N2O4. The topological polar surface area (TPSA) is 92.3 Å². The number of carbonyl (C=O) groups is 4. The summed E-state index contributed by atoms with van der Waals surface area (Å²) in [6.07, 6.45) is 0. The maximum absolute atomic E-state index is 13.8. The fourth-order valence-electron chi connectivity index (χ4n) is 4.39. The average molecular weight is 499 g/mol. The third-order valence-corrected chi connectivity index (χ3v) is 6.30. The van der Waals surface area contributed by atoms with Crippen molar-refractivity contribution in [3.63, 3.8) is 0 Å². The lowest BCUT2D eigenvalue weighted by Crippen LogP contribution is -2.46. The van der Waals surface area contributed by atoms with Crippen molar-refractivity contribution in [2.75, 3.05) is 10.6 Å². The number of amides is 2. The highest BCUT2D eigenvalue weighted by Gasteiger charge is 2.47. The SMILES string of the molecule is CC(C)C(=O)[C@@H](C(=O)Nc1ccccc1)C(c1ccccc1)[C@H](C(=O)Nc1ccccc1)C(=O)C(C)C. The minimum Gasteiger partial charge on any atom is -0.325 e. The minimum atomic E-state index is -1.27. The van der Waals surface area contributed by atoms with E-state index in [0.717, 1.165) is 0 Å². The highest BCUT2D eigenvalue weighted by molar-refractivity contribution is 6.13. The summed E-state index contributed by atoms with van der Waals surface area (Å²) in [5.74, 6) is -6.30. The number of carbonyl (C=O) groups excluding carboxylic acids is 4. The molecule has 37 heavy (non-hydrogen) atoms. The standard InChI is InChI=1S/C31H34N2O4/c1-20(2)28(34)26(30(36)32-23-16-10-6-11-17-23)25(22-14-8-5-9-15-22)27(29(35)21(3)4)31(37)33-24-18-12-7-13-19-24/h5-21,25-27H,1-4H3,(H,32,36)(H,33,37)/t26-,27-/m0/s1. The van der Waals surface area contributed by atoms with Crippen molar-refractivity contribution in [1.82, 2.24) is 0 Å². The summed E-state index contributed by atoms with van der Waals surface area (Å²) in [5, 5.41) is 5.67. The monoisotopic (exact) mass is 498 g/mol. The second-order valence-electron chi connectivity index (χ2n) is 9.72. The van der Waals surface area contributed by atoms with Crippen molar-refractivity contribution in [1.29, 1.82) is 0 Å². The van der Waals surface area contributed by atoms with Crippen LogP contribution in [0.3, 0.4) is 0 Å². The van der Waals surface area contributed by atoms with Gasteiger partial charge in [-0.2, -0.15) is 0 Å². The largest absolute Gasteiger partial charge is 0.325 e. The molecule has 6 heteroatoms. The zero-order chi connectivity index (χ0) is 26.9. The first-order valence-electron chi connectivity index (χ1n) is 12.5. The quantitative estimate of drug-likeness (QED) is 0.330. The normalized spacial score (nSPS) is 12.7. The molecule has 3 aromatic rings. The van der Waals surface area contributed by atoms with E-state index in [1.54, 1.807) is 100 Å². The van der Waals surface area contributed by atoms with Crippen LogP contribution < -0.4 is 10.6 Å². The highest BCUT2D eigenvalue weighted by atomic mass is 16.2. The maximum Gasteiger partial charge on any atom is 0.235 e. The number of para-hydroxylation sites is 2. The number of hydrogen-bond donors (Lipinski definition) is 2. The Morgan fingerprint density at radius 2 is 0.838 bits per heavy atom. The van der Waals surface area contributed by atoms with Gasteiger partial charge in [-0.05, 0) is 29.8 Å². The molecule has 0 saturated heterocycles. The Balaban J connectivity index is 2.16. The molecule has 0 aliphatic carbocycles. The number of nitrogens with one attached hydrogen (secondary N) is 2. The molecule has 0 radical (unpaired) electrons. The third kappa shape index (κ3) is 7.00. The molecule has 3 rings (SSSR count). The first-order valence-corrected chi connectivity index (χ1v) is 12.5. The molecule has 0 bridgehead atoms. The van der Waals surface area contributed by atoms with E-state index in [4.69, 9.17) is 0 Å². The van der Waals surface area contributed by atoms with Crippen LogP contribution in [0.4, 0.5) is 11.4 Å². The first-order chi connectivity index (χ1) is 17.7. The summed E-state index contributed by atoms with van der Waals surface area (Å²) in [6.45, 7) is 6.87. The van der Waals surface area contributed by atoms with Crippen LogP contribution in [0.2, 0.25) is 0 Å². The van der Waals surface area contributed by atoms with E-state index >= 15 is 0 Å². The Morgan fingerprint density at radius 3 is 1.16 bits per heavy atom. The number of Topliss-reactive ketones (excluding diaryl/α,β-unsaturated/α-hetero) is 2. The van der Waals surface area contributed by atoms with E-state index in [1.165, 1.54) is 0 Å². The molecule has 6 nitrogen and oxygen atoms in total. The van der Waals surface area contributed by atoms with Crippen molar-refractivity contribution < 1.29 is 19.2 Å². The van der Waals surface area contributed by atoms with E-state index < -0.39 is 41.4 Å². The number of hydrogen-bond acceptors (Lipinski definition) is 4. The molecule has 192 valence electrons. The van der Waals surface area contributed by atoms with Gasteiger partial charge >= 0.3 is 0 Å². The van der Waals surface area contributed by atoms with E-state index in [9.17, 15) is 19.2 Å². The van der Waals surface area contributed by atoms with Crippen molar-refractivity contribution >= 4 is 34.8 Å². The van der Waals surface area contributed by atoms with Crippen molar-refractivity contribution in [3.05, 3.63) is 96.6 Å². The van der Waals surface area contributed by atoms with Crippen LogP contribution in [0, 0.1) is 23.7 Å². The van der Waals surface area contributed by atoms with Gasteiger partial charge in [0.1, 0.15) is 23.4 Å². The Kier molecular flexibility index (Phi) is 9.50. The summed E-state index contributed by atoms with van der Waals surface area (Å²) >= 11 is 0. The second kappa shape index (κ2) is 12.8. The Bertz CT molecular complexity index is 1130. The van der Waals surface area contributed by atoms with Gasteiger partial charge in [0.15, 0.2) is 0 Å². The van der Waals surface area contributed by atoms with Crippen LogP contribution in [-0.4, -0.2) is 23.4 Å². The molecule has 0 heterocycles. The van der Waals surface area contributed by atoms with Gasteiger partial charge in [-0.15, -0.1) is 0 Å². The summed E-state index contributed by atoms with van der Waals surface area (Å²) in [6, 6.07) is 26.6. The number of rotatable bonds is 11. The minimum absolute atomic E-state index is 0.337. The molecule has 0 fully saturated rings. The van der Waals surface area contributed by atoms with Crippen molar-refractivity contribution in [2.24, 2.45) is 23.7 Å². The fraction of sp³-hybridized carbons (Fsp3) is 0.290. The molecule has 0 saturated carbocycles. The summed E-state index contributed by atoms with van der Waals surface area (Å²) in [7, 11) is 0. The summed E-state index contributed by atoms with van der Waals surface area (Å²) < 4.78 is 0. The van der Waals surface area contributed by atoms with Gasteiger partial charge in [0.2, 0.25) is 11.8 Å². The molecular weight excluding hydrogens is 464 g/mol. The smallest absolute Gasteiger partial charge is 0.235 e. The number of anilines is 2. The van der Waals surface area contributed by atoms with Gasteiger partial charge in [-0.3, -0.25) is 19.2 Å². The number of ketones is 2. The second-order valence-corrected chi connectivity index (χ2v) is 9.72. The van der Waals surface area contributed by atoms with Crippen molar-refractivity contribution in [2.45, 2.75) is 33.6 Å². The van der Waals surface area contributed by atoms with Gasteiger partial charge in [0.05, 0.1) is 0 Å². The predicted molar refractivity (Wildman–Crippen MR) is 146 cm³/mol. The van der Waals surface area contributed by atoms with Gasteiger partial charge in [-0.25, -0.2) is 0 Å². The first kappa shape index (κ1) is 27.5. The maximum atomic E-state index is 13.8. The van der Waals surface area contributed by atoms with Crippen LogP contribution in [0.15, 0.2) is 91.0 Å². The van der Waals surface area contributed by atoms with Crippen molar-refractivity contribution in [3.8, 4) is 0 Å². The number of benzene rings is 3. The molecule has 0 spiro atoms. The lowest BCUT2D eigenvalue weighted by atomic mass is 9.69. The molecule has 2 N–H and O–H groups in total. The molecule has 0 aliphatic rings. The zero-order valence-corrected chi connectivity index (χ0v) is 21.7. The van der Waals surface area contributed by atoms with Crippen LogP contribution in [0.25, 0.3) is 0 Å². The van der Waals surface area contributed by atoms with Crippen LogP contribution in [-0.2, 0) is 19.2 Å². The van der Waals surface area contributed by atoms with E-state index in [1.807, 2.05) is 18.2 Å². The molecule has 3 aromatic carbocycles. The van der Waals surface area contributed by atoms with Crippen LogP contribution in [0.5, 0.6) is 0 Å². The molecule has 0 unspecified atom stereocenters. The summed E-state index contributed by atoms with van der Waals surface area (Å²) in [4.78, 5) is 54.9. The van der Waals surface area contributed by atoms with E-state index in [0.29, 0.717) is 16.9 Å². The summed E-state index contributed by atoms with van der Waals surface area (Å²) in [5.41, 5.74) is 1.63. The van der Waals surface area contributed by atoms with Gasteiger partial charge < -0.3 is 10.6 Å². The Hall–Kier alpha value is -4.06. The lowest BCUT2D eigenvalue weighted by molar-refractivity contribution is -0.138. The molecule has 0 aromatic heterocycles. The molecule has 2 atom stereocenters. The Morgan fingerprint density at radius 1 is 0.514 bits per heavy atom. The van der Waals surface area contributed by atoms with Crippen LogP contribution >= 0.6 is 0 Å². The molecule has 2 amide bonds. The lowest BCUT2D eigenvalue weighted by Gasteiger charge is -2.33. The highest BCUT2D eigenvalue weighted by Crippen LogP contribution is 2.38. The van der Waals surface area contributed by atoms with Crippen LogP contribution in [0.1, 0.15) is 39.2 Å². The van der Waals surface area contributed by atoms with E-state index in [-0.39, 0.29) is 11.6 Å². The third-order valence-electron chi connectivity index (χ3n) is 6.30. The molecule has 0 aliphatic heterocycles. The zero-order valence-electron chi connectivity index (χ0n) is 21.7. The Labute approximate surface area is 218 Å². The fourth-order valence-corrected chi connectivity index (χ4v) is 4.39. The van der Waals surface area contributed by atoms with Gasteiger partial charge in [0, 0.05) is 29.1 Å².